The maximum Gasteiger partial charge on any atom is 0.0830 e. The largest absolute Gasteiger partial charge is 0.373 e. The van der Waals surface area contributed by atoms with Gasteiger partial charge in [0.05, 0.1) is 12.9 Å². The molecule has 0 spiro atoms. The molecule has 1 aliphatic heterocycles. The van der Waals surface area contributed by atoms with Gasteiger partial charge >= 0.3 is 0 Å². The lowest BCUT2D eigenvalue weighted by atomic mass is 9.92. The summed E-state index contributed by atoms with van der Waals surface area (Å²) in [6, 6.07) is 0. The summed E-state index contributed by atoms with van der Waals surface area (Å²) in [4.78, 5) is 4.14. The second-order valence-corrected chi connectivity index (χ2v) is 3.53. The van der Waals surface area contributed by atoms with Gasteiger partial charge in [-0.25, -0.2) is 0 Å². The van der Waals surface area contributed by atoms with E-state index >= 15 is 0 Å². The number of nitrogens with zero attached hydrogens (tertiary/aromatic N) is 1. The van der Waals surface area contributed by atoms with E-state index < -0.39 is 0 Å². The van der Waals surface area contributed by atoms with Crippen molar-refractivity contribution in [3.8, 4) is 0 Å². The maximum atomic E-state index is 4.14. The van der Waals surface area contributed by atoms with Crippen LogP contribution in [0.4, 0.5) is 0 Å². The van der Waals surface area contributed by atoms with Crippen molar-refractivity contribution in [3.63, 3.8) is 0 Å². The number of aliphatic imine (C=N–C) groups is 1. The summed E-state index contributed by atoms with van der Waals surface area (Å²) in [6.45, 7) is 6.00. The average molecular weight is 164 g/mol. The zero-order valence-corrected chi connectivity index (χ0v) is 7.75. The van der Waals surface area contributed by atoms with Crippen LogP contribution in [0.5, 0.6) is 0 Å². The van der Waals surface area contributed by atoms with Gasteiger partial charge in [0, 0.05) is 12.0 Å². The van der Waals surface area contributed by atoms with Gasteiger partial charge in [0.25, 0.3) is 0 Å². The second kappa shape index (κ2) is 4.10. The summed E-state index contributed by atoms with van der Waals surface area (Å²) in [6.07, 6.45) is 10.4. The van der Waals surface area contributed by atoms with Gasteiger partial charge in [-0.1, -0.05) is 38.2 Å². The van der Waals surface area contributed by atoms with E-state index in [0.29, 0.717) is 0 Å². The Morgan fingerprint density at radius 2 is 2.00 bits per heavy atom. The van der Waals surface area contributed by atoms with E-state index in [1.165, 1.54) is 0 Å². The SMILES string of the molecule is CC1(C)/C=C\C/N=C\NC/C=C\1. The smallest absolute Gasteiger partial charge is 0.0830 e. The average Bonchev–Trinajstić information content (AvgIpc) is 2.02. The van der Waals surface area contributed by atoms with Crippen LogP contribution in [0.2, 0.25) is 0 Å². The van der Waals surface area contributed by atoms with Crippen LogP contribution < -0.4 is 5.32 Å². The first kappa shape index (κ1) is 9.04. The van der Waals surface area contributed by atoms with Crippen molar-refractivity contribution in [2.24, 2.45) is 10.4 Å². The van der Waals surface area contributed by atoms with E-state index in [-0.39, 0.29) is 5.41 Å². The van der Waals surface area contributed by atoms with Crippen LogP contribution in [0.1, 0.15) is 13.8 Å². The van der Waals surface area contributed by atoms with Gasteiger partial charge < -0.3 is 5.32 Å². The molecular weight excluding hydrogens is 148 g/mol. The molecule has 0 unspecified atom stereocenters. The van der Waals surface area contributed by atoms with Crippen molar-refractivity contribution in [1.82, 2.24) is 5.32 Å². The molecule has 1 aliphatic rings. The number of nitrogens with one attached hydrogen (secondary N) is 1. The van der Waals surface area contributed by atoms with E-state index in [4.69, 9.17) is 0 Å². The first-order valence-electron chi connectivity index (χ1n) is 4.28. The third-order valence-electron chi connectivity index (χ3n) is 1.72. The van der Waals surface area contributed by atoms with Gasteiger partial charge in [-0.3, -0.25) is 4.99 Å². The van der Waals surface area contributed by atoms with Crippen LogP contribution in [0.25, 0.3) is 0 Å². The van der Waals surface area contributed by atoms with Crippen LogP contribution in [0, 0.1) is 5.41 Å². The molecule has 2 nitrogen and oxygen atoms in total. The van der Waals surface area contributed by atoms with E-state index in [9.17, 15) is 0 Å². The summed E-state index contributed by atoms with van der Waals surface area (Å²) in [5.74, 6) is 0. The topological polar surface area (TPSA) is 24.4 Å². The van der Waals surface area contributed by atoms with Gasteiger partial charge in [-0.15, -0.1) is 0 Å². The number of hydrogen-bond donors (Lipinski definition) is 1. The fourth-order valence-corrected chi connectivity index (χ4v) is 1.07. The molecule has 1 N–H and O–H groups in total. The lowest BCUT2D eigenvalue weighted by molar-refractivity contribution is 0.621. The molecule has 0 amide bonds. The number of rotatable bonds is 0. The third-order valence-corrected chi connectivity index (χ3v) is 1.72. The van der Waals surface area contributed by atoms with Gasteiger partial charge in [0.2, 0.25) is 0 Å². The summed E-state index contributed by atoms with van der Waals surface area (Å²) in [5.41, 5.74) is 0.161. The Labute approximate surface area is 74.1 Å². The minimum atomic E-state index is 0.161. The normalized spacial score (nSPS) is 29.8. The molecule has 0 aromatic carbocycles. The predicted octanol–water partition coefficient (Wildman–Crippen LogP) is 1.76. The molecule has 0 aromatic rings. The molecule has 0 aromatic heterocycles. The second-order valence-electron chi connectivity index (χ2n) is 3.53. The molecule has 0 bridgehead atoms. The van der Waals surface area contributed by atoms with Gasteiger partial charge in [-0.05, 0) is 0 Å². The van der Waals surface area contributed by atoms with Gasteiger partial charge in [-0.2, -0.15) is 0 Å². The summed E-state index contributed by atoms with van der Waals surface area (Å²) in [7, 11) is 0. The highest BCUT2D eigenvalue weighted by molar-refractivity contribution is 5.54. The Morgan fingerprint density at radius 3 is 2.83 bits per heavy atom. The Bertz CT molecular complexity index is 212. The molecule has 0 aliphatic carbocycles. The van der Waals surface area contributed by atoms with Crippen LogP contribution in [0.3, 0.4) is 0 Å². The zero-order valence-electron chi connectivity index (χ0n) is 7.75. The molecule has 0 fully saturated rings. The molecular formula is C10H16N2. The fraction of sp³-hybridized carbons (Fsp3) is 0.500. The molecule has 66 valence electrons. The minimum absolute atomic E-state index is 0.161. The van der Waals surface area contributed by atoms with Crippen molar-refractivity contribution in [2.75, 3.05) is 13.1 Å². The number of hydrogen-bond acceptors (Lipinski definition) is 2. The lowest BCUT2D eigenvalue weighted by Crippen LogP contribution is -2.13. The van der Waals surface area contributed by atoms with Crippen molar-refractivity contribution >= 4 is 6.34 Å². The monoisotopic (exact) mass is 164 g/mol. The minimum Gasteiger partial charge on any atom is -0.373 e. The zero-order chi connectivity index (χ0) is 8.86. The van der Waals surface area contributed by atoms with Gasteiger partial charge in [0.1, 0.15) is 0 Å². The van der Waals surface area contributed by atoms with E-state index in [0.717, 1.165) is 13.1 Å². The Kier molecular flexibility index (Phi) is 3.09. The summed E-state index contributed by atoms with van der Waals surface area (Å²) >= 11 is 0. The van der Waals surface area contributed by atoms with E-state index in [1.54, 1.807) is 6.34 Å². The Morgan fingerprint density at radius 1 is 1.25 bits per heavy atom. The first-order valence-corrected chi connectivity index (χ1v) is 4.28. The fourth-order valence-electron chi connectivity index (χ4n) is 1.07. The molecule has 2 heteroatoms. The highest BCUT2D eigenvalue weighted by Gasteiger charge is 2.07. The van der Waals surface area contributed by atoms with E-state index in [2.05, 4.69) is 48.5 Å². The highest BCUT2D eigenvalue weighted by atomic mass is 14.9. The van der Waals surface area contributed by atoms with Crippen molar-refractivity contribution < 1.29 is 0 Å². The molecule has 0 atom stereocenters. The molecule has 1 rings (SSSR count). The third kappa shape index (κ3) is 3.37. The van der Waals surface area contributed by atoms with Crippen LogP contribution >= 0.6 is 0 Å². The van der Waals surface area contributed by atoms with Crippen LogP contribution in [-0.4, -0.2) is 19.4 Å². The Balaban J connectivity index is 2.66. The molecule has 0 saturated heterocycles. The molecule has 0 radical (unpaired) electrons. The molecule has 12 heavy (non-hydrogen) atoms. The van der Waals surface area contributed by atoms with Crippen LogP contribution in [-0.2, 0) is 0 Å². The molecule has 1 heterocycles. The van der Waals surface area contributed by atoms with Crippen molar-refractivity contribution in [1.29, 1.82) is 0 Å². The number of allylic oxidation sites excluding steroid dienone is 2. The Hall–Kier alpha value is -1.05. The van der Waals surface area contributed by atoms with Crippen molar-refractivity contribution in [3.05, 3.63) is 24.3 Å². The van der Waals surface area contributed by atoms with Gasteiger partial charge in [0.15, 0.2) is 0 Å². The van der Waals surface area contributed by atoms with Crippen molar-refractivity contribution in [2.45, 2.75) is 13.8 Å². The summed E-state index contributed by atoms with van der Waals surface area (Å²) in [5, 5.41) is 3.08. The predicted molar refractivity (Wildman–Crippen MR) is 53.4 cm³/mol. The highest BCUT2D eigenvalue weighted by Crippen LogP contribution is 2.18. The van der Waals surface area contributed by atoms with E-state index in [1.807, 2.05) is 0 Å². The molecule has 0 saturated carbocycles. The maximum absolute atomic E-state index is 4.14. The lowest BCUT2D eigenvalue weighted by Gasteiger charge is -2.14. The first-order chi connectivity index (χ1) is 5.71. The van der Waals surface area contributed by atoms with Crippen LogP contribution in [0.15, 0.2) is 29.3 Å². The quantitative estimate of drug-likeness (QED) is 0.542. The summed E-state index contributed by atoms with van der Waals surface area (Å²) < 4.78 is 0. The standard InChI is InChI=1S/C10H16N2/c1-10(2)5-3-7-11-9-12-8-4-6-10/h3-6,9H,7-8H2,1-2H3,(H,11,12)/b5-3-,6-4-.